The lowest BCUT2D eigenvalue weighted by molar-refractivity contribution is 0.102. The van der Waals surface area contributed by atoms with E-state index in [2.05, 4.69) is 40.4 Å². The van der Waals surface area contributed by atoms with E-state index >= 15 is 0 Å². The zero-order valence-corrected chi connectivity index (χ0v) is 24.1. The molecular weight excluding hydrogens is 530 g/mol. The smallest absolute Gasteiger partial charge is 0.347 e. The number of hydrogen-bond donors (Lipinski definition) is 2. The average Bonchev–Trinajstić information content (AvgIpc) is 3.46. The highest BCUT2D eigenvalue weighted by Crippen LogP contribution is 2.24. The van der Waals surface area contributed by atoms with E-state index in [4.69, 9.17) is 15.2 Å². The van der Waals surface area contributed by atoms with Crippen molar-refractivity contribution in [3.63, 3.8) is 0 Å². The van der Waals surface area contributed by atoms with Gasteiger partial charge in [0.05, 0.1) is 11.4 Å². The zero-order chi connectivity index (χ0) is 29.3. The van der Waals surface area contributed by atoms with Gasteiger partial charge in [-0.2, -0.15) is 4.99 Å². The van der Waals surface area contributed by atoms with Crippen LogP contribution in [0.1, 0.15) is 54.9 Å². The lowest BCUT2D eigenvalue weighted by atomic mass is 10.0. The van der Waals surface area contributed by atoms with Gasteiger partial charge in [0.25, 0.3) is 5.91 Å². The number of urea groups is 1. The minimum Gasteiger partial charge on any atom is -0.488 e. The predicted octanol–water partition coefficient (Wildman–Crippen LogP) is 5.88. The molecule has 220 valence electrons. The van der Waals surface area contributed by atoms with Crippen LogP contribution in [0.3, 0.4) is 0 Å². The van der Waals surface area contributed by atoms with Crippen LogP contribution in [0, 0.1) is 0 Å². The van der Waals surface area contributed by atoms with Gasteiger partial charge in [-0.05, 0) is 68.6 Å². The Morgan fingerprint density at radius 3 is 2.76 bits per heavy atom. The van der Waals surface area contributed by atoms with Crippen LogP contribution in [0.2, 0.25) is 0 Å². The van der Waals surface area contributed by atoms with Crippen LogP contribution in [0.4, 0.5) is 16.2 Å². The number of likely N-dealkylation sites (N-methyl/N-ethyl adjacent to an activating group) is 1. The van der Waals surface area contributed by atoms with E-state index in [1.54, 1.807) is 35.4 Å². The molecule has 0 spiro atoms. The lowest BCUT2D eigenvalue weighted by Crippen LogP contribution is -2.42. The average molecular weight is 570 g/mol. The van der Waals surface area contributed by atoms with Gasteiger partial charge in [0, 0.05) is 31.1 Å². The Kier molecular flexibility index (Phi) is 9.71. The number of nitrogen functional groups attached to an aromatic ring is 1. The molecular formula is C33H39N5O4. The fourth-order valence-electron chi connectivity index (χ4n) is 5.51. The predicted molar refractivity (Wildman–Crippen MR) is 165 cm³/mol. The molecule has 0 radical (unpaired) electrons. The second-order valence-corrected chi connectivity index (χ2v) is 10.8. The van der Waals surface area contributed by atoms with Gasteiger partial charge >= 0.3 is 6.03 Å². The number of hydrogen-bond acceptors (Lipinski definition) is 6. The second-order valence-electron chi connectivity index (χ2n) is 10.8. The number of nitrogens with two attached hydrogens (primary N) is 1. The summed E-state index contributed by atoms with van der Waals surface area (Å²) >= 11 is 0. The van der Waals surface area contributed by atoms with Crippen LogP contribution < -0.4 is 11.1 Å². The number of anilines is 2. The highest BCUT2D eigenvalue weighted by atomic mass is 16.6. The van der Waals surface area contributed by atoms with Crippen LogP contribution in [-0.4, -0.2) is 59.9 Å². The second kappa shape index (κ2) is 14.0. The van der Waals surface area contributed by atoms with Gasteiger partial charge in [-0.1, -0.05) is 55.0 Å². The molecule has 1 unspecified atom stereocenters. The normalized spacial score (nSPS) is 19.5. The molecule has 5 rings (SSSR count). The number of nitrogens with one attached hydrogen (secondary N) is 1. The Labute approximate surface area is 247 Å². The van der Waals surface area contributed by atoms with Gasteiger partial charge in [-0.25, -0.2) is 4.79 Å². The Morgan fingerprint density at radius 2 is 2.00 bits per heavy atom. The van der Waals surface area contributed by atoms with Gasteiger partial charge in [0.15, 0.2) is 6.61 Å². The Bertz CT molecular complexity index is 1400. The van der Waals surface area contributed by atoms with Gasteiger partial charge in [0.1, 0.15) is 12.0 Å². The molecule has 0 bridgehead atoms. The van der Waals surface area contributed by atoms with Crippen molar-refractivity contribution >= 4 is 29.2 Å². The third-order valence-electron chi connectivity index (χ3n) is 7.80. The standard InChI is InChI=1S/C33H39N5O4/c1-2-37-18-8-11-27(37)21-38(33(40)36-31-23-41-22-28(42-31)19-24-9-4-3-5-10-24)20-25-14-16-26(17-15-25)32(39)35-30-13-7-6-12-29(30)34/h3-4,6-7,9,12-17,22,27H,2,5,8,10-11,18-21,23,34H2,1H3,(H,35,39). The van der Waals surface area contributed by atoms with Gasteiger partial charge in [0.2, 0.25) is 5.90 Å². The number of carbonyl (C=O) groups is 2. The van der Waals surface area contributed by atoms with Crippen molar-refractivity contribution in [3.8, 4) is 0 Å². The minimum absolute atomic E-state index is 0.113. The first-order valence-electron chi connectivity index (χ1n) is 14.7. The van der Waals surface area contributed by atoms with E-state index in [-0.39, 0.29) is 30.5 Å². The molecule has 1 aliphatic carbocycles. The number of likely N-dealkylation sites (tertiary alicyclic amines) is 1. The van der Waals surface area contributed by atoms with Crippen molar-refractivity contribution in [2.24, 2.45) is 4.99 Å². The van der Waals surface area contributed by atoms with Crippen LogP contribution in [-0.2, 0) is 16.0 Å². The number of amides is 3. The maximum absolute atomic E-state index is 13.6. The number of nitrogens with zero attached hydrogens (tertiary/aromatic N) is 3. The maximum Gasteiger partial charge on any atom is 0.347 e. The molecule has 3 N–H and O–H groups in total. The van der Waals surface area contributed by atoms with Crippen molar-refractivity contribution in [2.75, 3.05) is 37.3 Å². The SMILES string of the molecule is CCN1CCCC1CN(Cc1ccc(C(=O)Nc2ccccc2N)cc1)C(=O)N=C1COC=C(CC2=CC=CCC2)O1. The van der Waals surface area contributed by atoms with Crippen molar-refractivity contribution in [1.82, 2.24) is 9.80 Å². The quantitative estimate of drug-likeness (QED) is 0.365. The molecule has 3 amide bonds. The summed E-state index contributed by atoms with van der Waals surface area (Å²) in [6.45, 7) is 5.15. The number of para-hydroxylation sites is 2. The third-order valence-corrected chi connectivity index (χ3v) is 7.80. The molecule has 0 saturated carbocycles. The Morgan fingerprint density at radius 1 is 1.17 bits per heavy atom. The molecule has 2 aromatic rings. The number of allylic oxidation sites excluding steroid dienone is 4. The summed E-state index contributed by atoms with van der Waals surface area (Å²) in [6, 6.07) is 14.3. The molecule has 2 heterocycles. The van der Waals surface area contributed by atoms with E-state index in [9.17, 15) is 9.59 Å². The highest BCUT2D eigenvalue weighted by molar-refractivity contribution is 6.05. The summed E-state index contributed by atoms with van der Waals surface area (Å²) in [5.74, 6) is 0.669. The van der Waals surface area contributed by atoms with Gasteiger partial charge in [-0.15, -0.1) is 0 Å². The summed E-state index contributed by atoms with van der Waals surface area (Å²) in [5, 5.41) is 2.85. The highest BCUT2D eigenvalue weighted by Gasteiger charge is 2.28. The van der Waals surface area contributed by atoms with E-state index < -0.39 is 0 Å². The van der Waals surface area contributed by atoms with Crippen LogP contribution >= 0.6 is 0 Å². The molecule has 9 nitrogen and oxygen atoms in total. The molecule has 42 heavy (non-hydrogen) atoms. The fourth-order valence-corrected chi connectivity index (χ4v) is 5.51. The third kappa shape index (κ3) is 7.67. The fraction of sp³-hybridized carbons (Fsp3) is 0.364. The molecule has 1 fully saturated rings. The molecule has 1 saturated heterocycles. The number of benzene rings is 2. The molecule has 2 aliphatic heterocycles. The zero-order valence-electron chi connectivity index (χ0n) is 24.1. The molecule has 1 atom stereocenters. The minimum atomic E-state index is -0.362. The van der Waals surface area contributed by atoms with Crippen LogP contribution in [0.5, 0.6) is 0 Å². The first-order valence-corrected chi connectivity index (χ1v) is 14.7. The molecule has 2 aromatic carbocycles. The van der Waals surface area contributed by atoms with Crippen LogP contribution in [0.25, 0.3) is 0 Å². The van der Waals surface area contributed by atoms with Crippen LogP contribution in [0.15, 0.2) is 89.3 Å². The van der Waals surface area contributed by atoms with E-state index in [1.165, 1.54) is 5.57 Å². The Hall–Kier alpha value is -4.37. The summed E-state index contributed by atoms with van der Waals surface area (Å²) in [5.41, 5.74) is 9.70. The van der Waals surface area contributed by atoms with Crippen molar-refractivity contribution in [2.45, 2.75) is 51.6 Å². The molecule has 3 aliphatic rings. The summed E-state index contributed by atoms with van der Waals surface area (Å²) in [4.78, 5) is 34.9. The number of ether oxygens (including phenoxy) is 2. The maximum atomic E-state index is 13.6. The topological polar surface area (TPSA) is 109 Å². The Balaban J connectivity index is 1.27. The van der Waals surface area contributed by atoms with Gasteiger partial charge in [-0.3, -0.25) is 9.69 Å². The molecule has 0 aromatic heterocycles. The summed E-state index contributed by atoms with van der Waals surface area (Å²) in [7, 11) is 0. The van der Waals surface area contributed by atoms with E-state index in [0.717, 1.165) is 44.3 Å². The largest absolute Gasteiger partial charge is 0.488 e. The van der Waals surface area contributed by atoms with Crippen molar-refractivity contribution in [1.29, 1.82) is 0 Å². The van der Waals surface area contributed by atoms with E-state index in [0.29, 0.717) is 42.2 Å². The van der Waals surface area contributed by atoms with Crippen molar-refractivity contribution in [3.05, 3.63) is 95.5 Å². The number of rotatable bonds is 9. The molecule has 9 heteroatoms. The number of carbonyl (C=O) groups excluding carboxylic acids is 2. The summed E-state index contributed by atoms with van der Waals surface area (Å²) < 4.78 is 11.6. The van der Waals surface area contributed by atoms with E-state index in [1.807, 2.05) is 24.3 Å². The summed E-state index contributed by atoms with van der Waals surface area (Å²) in [6.07, 6.45) is 12.7. The monoisotopic (exact) mass is 569 g/mol. The first kappa shape index (κ1) is 29.1. The van der Waals surface area contributed by atoms with Gasteiger partial charge < -0.3 is 25.4 Å². The lowest BCUT2D eigenvalue weighted by Gasteiger charge is -2.29. The number of aliphatic imine (C=N–C) groups is 1. The van der Waals surface area contributed by atoms with Crippen molar-refractivity contribution < 1.29 is 19.1 Å². The first-order chi connectivity index (χ1) is 20.5.